The van der Waals surface area contributed by atoms with Crippen molar-refractivity contribution in [3.8, 4) is 17.3 Å². The van der Waals surface area contributed by atoms with Crippen LogP contribution in [0.5, 0.6) is 0 Å². The van der Waals surface area contributed by atoms with Crippen LogP contribution in [0.1, 0.15) is 30.7 Å². The summed E-state index contributed by atoms with van der Waals surface area (Å²) < 4.78 is 58.4. The van der Waals surface area contributed by atoms with Gasteiger partial charge in [0.2, 0.25) is 11.8 Å². The summed E-state index contributed by atoms with van der Waals surface area (Å²) in [6, 6.07) is 13.3. The van der Waals surface area contributed by atoms with Gasteiger partial charge >= 0.3 is 6.18 Å². The largest absolute Gasteiger partial charge is 0.397 e. The van der Waals surface area contributed by atoms with Crippen molar-refractivity contribution in [3.05, 3.63) is 65.7 Å². The lowest BCUT2D eigenvalue weighted by Crippen LogP contribution is -2.49. The summed E-state index contributed by atoms with van der Waals surface area (Å²) in [5.74, 6) is -1.41. The Morgan fingerprint density at radius 1 is 1.11 bits per heavy atom. The minimum absolute atomic E-state index is 0.114. The van der Waals surface area contributed by atoms with Crippen LogP contribution in [-0.4, -0.2) is 38.2 Å². The zero-order chi connectivity index (χ0) is 26.4. The lowest BCUT2D eigenvalue weighted by molar-refractivity contribution is -0.155. The number of hydrogen-bond acceptors (Lipinski definition) is 5. The lowest BCUT2D eigenvalue weighted by atomic mass is 10.1. The molecule has 2 amide bonds. The van der Waals surface area contributed by atoms with Crippen LogP contribution in [0.25, 0.3) is 28.2 Å². The maximum atomic E-state index is 13.9. The maximum absolute atomic E-state index is 13.9. The monoisotopic (exact) mass is 515 g/mol. The Labute approximate surface area is 207 Å². The Morgan fingerprint density at radius 2 is 1.84 bits per heavy atom. The van der Waals surface area contributed by atoms with Gasteiger partial charge in [-0.15, -0.1) is 0 Å². The first-order chi connectivity index (χ1) is 17.5. The molecule has 1 saturated carbocycles. The van der Waals surface area contributed by atoms with Crippen molar-refractivity contribution >= 4 is 22.7 Å². The number of nitrogens with zero attached hydrogens (tertiary/aromatic N) is 3. The summed E-state index contributed by atoms with van der Waals surface area (Å²) in [4.78, 5) is 28.5. The average molecular weight is 515 g/mol. The molecule has 0 radical (unpaired) electrons. The first-order valence-electron chi connectivity index (χ1n) is 11.4. The third kappa shape index (κ3) is 5.18. The third-order valence-corrected chi connectivity index (χ3v) is 6.08. The van der Waals surface area contributed by atoms with Gasteiger partial charge in [0.1, 0.15) is 23.5 Å². The summed E-state index contributed by atoms with van der Waals surface area (Å²) in [6.07, 6.45) is -5.71. The predicted molar refractivity (Wildman–Crippen MR) is 124 cm³/mol. The van der Waals surface area contributed by atoms with Crippen LogP contribution in [0.3, 0.4) is 0 Å². The topological polar surface area (TPSA) is 102 Å². The number of carbonyl (C=O) groups is 2. The molecule has 1 aliphatic rings. The molecule has 0 aliphatic heterocycles. The van der Waals surface area contributed by atoms with E-state index in [4.69, 9.17) is 4.52 Å². The Morgan fingerprint density at radius 3 is 2.46 bits per heavy atom. The van der Waals surface area contributed by atoms with Gasteiger partial charge in [0.05, 0.1) is 5.52 Å². The molecule has 4 aromatic rings. The second-order valence-corrected chi connectivity index (χ2v) is 8.99. The van der Waals surface area contributed by atoms with Gasteiger partial charge in [-0.3, -0.25) is 9.59 Å². The highest BCUT2D eigenvalue weighted by Gasteiger charge is 2.51. The standard InChI is InChI=1S/C25H21F4N5O3/c1-14-31-22(37-33-14)20-11-16-10-17(26)4-7-19(16)34(20)18-5-2-15(3-6-18)13-30-23(36)24(8-9-24)32-21(35)12-25(27,28)29/h2-7,10-11H,8-9,12-13H2,1H3,(H,30,36)(H,32,35). The fourth-order valence-electron chi connectivity index (χ4n) is 4.16. The maximum Gasteiger partial charge on any atom is 0.397 e. The van der Waals surface area contributed by atoms with E-state index in [9.17, 15) is 27.2 Å². The molecule has 12 heteroatoms. The van der Waals surface area contributed by atoms with Gasteiger partial charge in [0, 0.05) is 17.6 Å². The van der Waals surface area contributed by atoms with Gasteiger partial charge < -0.3 is 19.7 Å². The first-order valence-corrected chi connectivity index (χ1v) is 11.4. The van der Waals surface area contributed by atoms with Crippen molar-refractivity contribution in [3.63, 3.8) is 0 Å². The van der Waals surface area contributed by atoms with Gasteiger partial charge in [-0.2, -0.15) is 18.2 Å². The van der Waals surface area contributed by atoms with Crippen LogP contribution in [-0.2, 0) is 16.1 Å². The predicted octanol–water partition coefficient (Wildman–Crippen LogP) is 4.35. The molecule has 1 fully saturated rings. The minimum Gasteiger partial charge on any atom is -0.350 e. The molecule has 8 nitrogen and oxygen atoms in total. The molecular weight excluding hydrogens is 494 g/mol. The van der Waals surface area contributed by atoms with Crippen molar-refractivity contribution < 1.29 is 31.7 Å². The van der Waals surface area contributed by atoms with Gasteiger partial charge in [-0.25, -0.2) is 4.39 Å². The molecule has 0 bridgehead atoms. The molecule has 5 rings (SSSR count). The quantitative estimate of drug-likeness (QED) is 0.357. The smallest absolute Gasteiger partial charge is 0.350 e. The molecule has 2 heterocycles. The van der Waals surface area contributed by atoms with Crippen molar-refractivity contribution in [2.24, 2.45) is 0 Å². The number of benzene rings is 2. The first kappa shape index (κ1) is 24.5. The summed E-state index contributed by atoms with van der Waals surface area (Å²) in [5.41, 5.74) is 1.46. The van der Waals surface area contributed by atoms with E-state index in [0.29, 0.717) is 16.9 Å². The van der Waals surface area contributed by atoms with Crippen LogP contribution < -0.4 is 10.6 Å². The van der Waals surface area contributed by atoms with Gasteiger partial charge in [0.15, 0.2) is 5.82 Å². The number of rotatable bonds is 7. The number of fused-ring (bicyclic) bond motifs is 1. The molecule has 0 atom stereocenters. The highest BCUT2D eigenvalue weighted by atomic mass is 19.4. The molecule has 2 aromatic carbocycles. The molecule has 0 spiro atoms. The molecule has 192 valence electrons. The second-order valence-electron chi connectivity index (χ2n) is 8.99. The Kier molecular flexibility index (Phi) is 5.97. The number of alkyl halides is 3. The van der Waals surface area contributed by atoms with Crippen molar-refractivity contribution in [1.29, 1.82) is 0 Å². The molecule has 1 aliphatic carbocycles. The zero-order valence-corrected chi connectivity index (χ0v) is 19.5. The summed E-state index contributed by atoms with van der Waals surface area (Å²) in [6.45, 7) is 1.81. The van der Waals surface area contributed by atoms with E-state index in [1.807, 2.05) is 4.57 Å². The van der Waals surface area contributed by atoms with Crippen LogP contribution in [0.4, 0.5) is 17.6 Å². The van der Waals surface area contributed by atoms with Gasteiger partial charge in [-0.05, 0) is 61.7 Å². The van der Waals surface area contributed by atoms with Crippen LogP contribution in [0.2, 0.25) is 0 Å². The molecule has 37 heavy (non-hydrogen) atoms. The Hall–Kier alpha value is -4.22. The SMILES string of the molecule is Cc1noc(-c2cc3cc(F)ccc3n2-c2ccc(CNC(=O)C3(NC(=O)CC(F)(F)F)CC3)cc2)n1. The highest BCUT2D eigenvalue weighted by molar-refractivity contribution is 5.94. The fourth-order valence-corrected chi connectivity index (χ4v) is 4.16. The second kappa shape index (κ2) is 9.02. The van der Waals surface area contributed by atoms with Crippen molar-refractivity contribution in [1.82, 2.24) is 25.3 Å². The molecule has 2 aromatic heterocycles. The van der Waals surface area contributed by atoms with E-state index in [-0.39, 0.29) is 31.1 Å². The number of aromatic nitrogens is 3. The van der Waals surface area contributed by atoms with Crippen LogP contribution >= 0.6 is 0 Å². The average Bonchev–Trinajstić information content (AvgIpc) is 3.31. The van der Waals surface area contributed by atoms with E-state index in [1.54, 1.807) is 43.3 Å². The van der Waals surface area contributed by atoms with Crippen LogP contribution in [0, 0.1) is 12.7 Å². The Balaban J connectivity index is 1.32. The van der Waals surface area contributed by atoms with E-state index in [2.05, 4.69) is 20.8 Å². The summed E-state index contributed by atoms with van der Waals surface area (Å²) >= 11 is 0. The van der Waals surface area contributed by atoms with E-state index in [1.165, 1.54) is 12.1 Å². The molecule has 0 saturated heterocycles. The van der Waals surface area contributed by atoms with E-state index >= 15 is 0 Å². The van der Waals surface area contributed by atoms with Crippen LogP contribution in [0.15, 0.2) is 53.1 Å². The number of halogens is 4. The van der Waals surface area contributed by atoms with Crippen molar-refractivity contribution in [2.45, 2.75) is 44.4 Å². The number of amides is 2. The Bertz CT molecular complexity index is 1490. The molecular formula is C25H21F4N5O3. The third-order valence-electron chi connectivity index (χ3n) is 6.08. The van der Waals surface area contributed by atoms with Gasteiger partial charge in [0.25, 0.3) is 5.89 Å². The number of nitrogens with one attached hydrogen (secondary N) is 2. The highest BCUT2D eigenvalue weighted by Crippen LogP contribution is 2.36. The summed E-state index contributed by atoms with van der Waals surface area (Å²) in [5, 5.41) is 9.37. The minimum atomic E-state index is -4.64. The van der Waals surface area contributed by atoms with E-state index < -0.39 is 30.0 Å². The van der Waals surface area contributed by atoms with E-state index in [0.717, 1.165) is 16.8 Å². The molecule has 2 N–H and O–H groups in total. The summed E-state index contributed by atoms with van der Waals surface area (Å²) in [7, 11) is 0. The number of carbonyl (C=O) groups excluding carboxylic acids is 2. The number of aryl methyl sites for hydroxylation is 1. The lowest BCUT2D eigenvalue weighted by Gasteiger charge is -2.18. The molecule has 0 unspecified atom stereocenters. The van der Waals surface area contributed by atoms with Crippen molar-refractivity contribution in [2.75, 3.05) is 0 Å². The zero-order valence-electron chi connectivity index (χ0n) is 19.5. The fraction of sp³-hybridized carbons (Fsp3) is 0.280. The normalized spacial score (nSPS) is 14.5. The number of hydrogen-bond donors (Lipinski definition) is 2. The van der Waals surface area contributed by atoms with Gasteiger partial charge in [-0.1, -0.05) is 17.3 Å².